The highest BCUT2D eigenvalue weighted by molar-refractivity contribution is 5.87. The number of hydrogen-bond donors (Lipinski definition) is 0. The normalized spacial score (nSPS) is 28.7. The van der Waals surface area contributed by atoms with Gasteiger partial charge in [0.05, 0.1) is 0 Å². The van der Waals surface area contributed by atoms with Crippen LogP contribution in [0.15, 0.2) is 0 Å². The molecule has 2 nitrogen and oxygen atoms in total. The van der Waals surface area contributed by atoms with E-state index in [0.29, 0.717) is 37.2 Å². The molecule has 0 saturated heterocycles. The van der Waals surface area contributed by atoms with Gasteiger partial charge in [-0.25, -0.2) is 0 Å². The van der Waals surface area contributed by atoms with Crippen molar-refractivity contribution < 1.29 is 9.59 Å². The van der Waals surface area contributed by atoms with Crippen LogP contribution in [0.4, 0.5) is 0 Å². The maximum atomic E-state index is 11.0. The van der Waals surface area contributed by atoms with Gasteiger partial charge in [-0.15, -0.1) is 0 Å². The molecule has 0 atom stereocenters. The van der Waals surface area contributed by atoms with Crippen molar-refractivity contribution in [2.45, 2.75) is 38.5 Å². The Hall–Kier alpha value is -0.660. The monoisotopic (exact) mass is 152 g/mol. The minimum absolute atomic E-state index is 0.133. The standard InChI is InChI=1S/C9H12O2/c10-7-1-3-9(5-7)4-2-8(11)6-9/h1-6H2. The van der Waals surface area contributed by atoms with E-state index in [-0.39, 0.29) is 5.41 Å². The third kappa shape index (κ3) is 1.10. The molecule has 0 aromatic heterocycles. The molecule has 60 valence electrons. The summed E-state index contributed by atoms with van der Waals surface area (Å²) >= 11 is 0. The van der Waals surface area contributed by atoms with E-state index in [1.807, 2.05) is 0 Å². The van der Waals surface area contributed by atoms with E-state index in [0.717, 1.165) is 12.8 Å². The van der Waals surface area contributed by atoms with Gasteiger partial charge >= 0.3 is 0 Å². The Bertz CT molecular complexity index is 194. The maximum absolute atomic E-state index is 11.0. The zero-order valence-corrected chi connectivity index (χ0v) is 6.56. The lowest BCUT2D eigenvalue weighted by atomic mass is 9.85. The molecule has 0 amide bonds. The van der Waals surface area contributed by atoms with E-state index in [9.17, 15) is 9.59 Å². The zero-order valence-electron chi connectivity index (χ0n) is 6.56. The van der Waals surface area contributed by atoms with Gasteiger partial charge in [0, 0.05) is 25.7 Å². The molecule has 0 N–H and O–H groups in total. The van der Waals surface area contributed by atoms with Gasteiger partial charge in [-0.3, -0.25) is 9.59 Å². The molecule has 2 aliphatic rings. The van der Waals surface area contributed by atoms with Crippen LogP contribution < -0.4 is 0 Å². The number of rotatable bonds is 0. The van der Waals surface area contributed by atoms with Crippen LogP contribution in [0, 0.1) is 5.41 Å². The van der Waals surface area contributed by atoms with Crippen LogP contribution in [0.5, 0.6) is 0 Å². The summed E-state index contributed by atoms with van der Waals surface area (Å²) in [6, 6.07) is 0. The molecule has 11 heavy (non-hydrogen) atoms. The van der Waals surface area contributed by atoms with Crippen molar-refractivity contribution >= 4 is 11.6 Å². The molecular formula is C9H12O2. The van der Waals surface area contributed by atoms with E-state index >= 15 is 0 Å². The first-order valence-corrected chi connectivity index (χ1v) is 4.24. The fourth-order valence-corrected chi connectivity index (χ4v) is 2.36. The van der Waals surface area contributed by atoms with E-state index in [1.165, 1.54) is 0 Å². The quantitative estimate of drug-likeness (QED) is 0.527. The minimum atomic E-state index is 0.133. The Labute approximate surface area is 66.0 Å². The van der Waals surface area contributed by atoms with Crippen LogP contribution >= 0.6 is 0 Å². The number of hydrogen-bond acceptors (Lipinski definition) is 2. The summed E-state index contributed by atoms with van der Waals surface area (Å²) in [5.41, 5.74) is 0.133. The summed E-state index contributed by atoms with van der Waals surface area (Å²) in [7, 11) is 0. The lowest BCUT2D eigenvalue weighted by Crippen LogP contribution is -2.12. The van der Waals surface area contributed by atoms with Crippen molar-refractivity contribution in [1.82, 2.24) is 0 Å². The van der Waals surface area contributed by atoms with Gasteiger partial charge in [0.1, 0.15) is 11.6 Å². The van der Waals surface area contributed by atoms with E-state index in [2.05, 4.69) is 0 Å². The van der Waals surface area contributed by atoms with Gasteiger partial charge in [-0.2, -0.15) is 0 Å². The lowest BCUT2D eigenvalue weighted by molar-refractivity contribution is -0.118. The van der Waals surface area contributed by atoms with Crippen LogP contribution in [0.1, 0.15) is 38.5 Å². The number of carbonyl (C=O) groups is 2. The van der Waals surface area contributed by atoms with E-state index < -0.39 is 0 Å². The highest BCUT2D eigenvalue weighted by Gasteiger charge is 2.43. The third-order valence-electron chi connectivity index (χ3n) is 3.01. The van der Waals surface area contributed by atoms with Gasteiger partial charge in [0.2, 0.25) is 0 Å². The Morgan fingerprint density at radius 2 is 1.36 bits per heavy atom. The maximum Gasteiger partial charge on any atom is 0.133 e. The molecule has 0 radical (unpaired) electrons. The Morgan fingerprint density at radius 1 is 0.909 bits per heavy atom. The summed E-state index contributed by atoms with van der Waals surface area (Å²) in [6.45, 7) is 0. The zero-order chi connectivity index (χ0) is 7.90. The van der Waals surface area contributed by atoms with Crippen molar-refractivity contribution in [2.24, 2.45) is 5.41 Å². The molecule has 0 aromatic carbocycles. The predicted octanol–water partition coefficient (Wildman–Crippen LogP) is 1.48. The Kier molecular flexibility index (Phi) is 1.38. The van der Waals surface area contributed by atoms with E-state index in [1.54, 1.807) is 0 Å². The van der Waals surface area contributed by atoms with Crippen LogP contribution in [0.2, 0.25) is 0 Å². The van der Waals surface area contributed by atoms with E-state index in [4.69, 9.17) is 0 Å². The van der Waals surface area contributed by atoms with Crippen LogP contribution in [-0.4, -0.2) is 11.6 Å². The second-order valence-electron chi connectivity index (χ2n) is 3.93. The SMILES string of the molecule is O=C1CCC2(CCC(=O)C2)C1. The molecule has 2 saturated carbocycles. The molecule has 2 heteroatoms. The smallest absolute Gasteiger partial charge is 0.133 e. The largest absolute Gasteiger partial charge is 0.300 e. The van der Waals surface area contributed by atoms with Crippen LogP contribution in [0.3, 0.4) is 0 Å². The number of ketones is 2. The molecule has 0 heterocycles. The van der Waals surface area contributed by atoms with Crippen LogP contribution in [-0.2, 0) is 9.59 Å². The topological polar surface area (TPSA) is 34.1 Å². The summed E-state index contributed by atoms with van der Waals surface area (Å²) in [4.78, 5) is 22.0. The van der Waals surface area contributed by atoms with Gasteiger partial charge in [-0.05, 0) is 18.3 Å². The Morgan fingerprint density at radius 3 is 1.64 bits per heavy atom. The second kappa shape index (κ2) is 2.16. The lowest BCUT2D eigenvalue weighted by Gasteiger charge is -2.18. The van der Waals surface area contributed by atoms with Gasteiger partial charge in [0.15, 0.2) is 0 Å². The highest BCUT2D eigenvalue weighted by atomic mass is 16.1. The predicted molar refractivity (Wildman–Crippen MR) is 40.1 cm³/mol. The molecule has 0 aromatic rings. The molecule has 1 spiro atoms. The first kappa shape index (κ1) is 7.01. The van der Waals surface area contributed by atoms with Crippen LogP contribution in [0.25, 0.3) is 0 Å². The summed E-state index contributed by atoms with van der Waals surface area (Å²) in [5.74, 6) is 0.722. The fourth-order valence-electron chi connectivity index (χ4n) is 2.36. The average molecular weight is 152 g/mol. The first-order valence-electron chi connectivity index (χ1n) is 4.24. The molecular weight excluding hydrogens is 140 g/mol. The van der Waals surface area contributed by atoms with Crippen molar-refractivity contribution in [1.29, 1.82) is 0 Å². The summed E-state index contributed by atoms with van der Waals surface area (Å²) in [6.07, 6.45) is 4.73. The fraction of sp³-hybridized carbons (Fsp3) is 0.778. The molecule has 0 bridgehead atoms. The van der Waals surface area contributed by atoms with Gasteiger partial charge in [0.25, 0.3) is 0 Å². The first-order chi connectivity index (χ1) is 5.20. The average Bonchev–Trinajstić information content (AvgIpc) is 2.44. The summed E-state index contributed by atoms with van der Waals surface area (Å²) in [5, 5.41) is 0. The molecule has 0 aliphatic heterocycles. The molecule has 2 aliphatic carbocycles. The van der Waals surface area contributed by atoms with Gasteiger partial charge in [-0.1, -0.05) is 0 Å². The second-order valence-corrected chi connectivity index (χ2v) is 3.93. The minimum Gasteiger partial charge on any atom is -0.300 e. The third-order valence-corrected chi connectivity index (χ3v) is 3.01. The number of Topliss-reactive ketones (excluding diaryl/α,β-unsaturated/α-hetero) is 2. The van der Waals surface area contributed by atoms with Crippen molar-refractivity contribution in [3.8, 4) is 0 Å². The molecule has 2 fully saturated rings. The Balaban J connectivity index is 2.13. The van der Waals surface area contributed by atoms with Crippen molar-refractivity contribution in [3.63, 3.8) is 0 Å². The molecule has 2 rings (SSSR count). The van der Waals surface area contributed by atoms with Crippen molar-refractivity contribution in [3.05, 3.63) is 0 Å². The molecule has 0 unspecified atom stereocenters. The number of carbonyl (C=O) groups excluding carboxylic acids is 2. The summed E-state index contributed by atoms with van der Waals surface area (Å²) < 4.78 is 0. The van der Waals surface area contributed by atoms with Gasteiger partial charge < -0.3 is 0 Å². The van der Waals surface area contributed by atoms with Crippen molar-refractivity contribution in [2.75, 3.05) is 0 Å². The highest BCUT2D eigenvalue weighted by Crippen LogP contribution is 2.47.